The van der Waals surface area contributed by atoms with E-state index >= 15 is 0 Å². The lowest BCUT2D eigenvalue weighted by molar-refractivity contribution is -0.296. The van der Waals surface area contributed by atoms with Crippen molar-refractivity contribution in [3.05, 3.63) is 93.9 Å². The third-order valence-corrected chi connectivity index (χ3v) is 11.9. The molecule has 0 aliphatic carbocycles. The molecule has 1 aliphatic rings. The van der Waals surface area contributed by atoms with Crippen molar-refractivity contribution in [1.82, 2.24) is 16.0 Å². The fraction of sp³-hybridized carbons (Fsp3) is 0.551. The Kier molecular flexibility index (Phi) is 27.4. The molecule has 23 heteroatoms. The fourth-order valence-corrected chi connectivity index (χ4v) is 7.85. The number of benzene rings is 3. The number of aldehydes is 1. The summed E-state index contributed by atoms with van der Waals surface area (Å²) in [6.07, 6.45) is -5.94. The number of aliphatic hydroxyl groups excluding tert-OH is 3. The molecular formula is C49H68N6O16S. The van der Waals surface area contributed by atoms with Gasteiger partial charge >= 0.3 is 0 Å². The van der Waals surface area contributed by atoms with Gasteiger partial charge in [-0.3, -0.25) is 19.2 Å². The van der Waals surface area contributed by atoms with Gasteiger partial charge in [-0.25, -0.2) is 0 Å². The Morgan fingerprint density at radius 2 is 1.39 bits per heavy atom. The molecule has 0 radical (unpaired) electrons. The number of aliphatic hydroxyl groups is 3. The van der Waals surface area contributed by atoms with Gasteiger partial charge in [-0.05, 0) is 77.7 Å². The van der Waals surface area contributed by atoms with E-state index in [4.69, 9.17) is 43.4 Å². The fourth-order valence-electron chi connectivity index (χ4n) is 7.08. The van der Waals surface area contributed by atoms with Crippen LogP contribution in [0.25, 0.3) is 21.6 Å². The molecule has 0 bridgehead atoms. The predicted octanol–water partition coefficient (Wildman–Crippen LogP) is 2.71. The number of hydrogen-bond acceptors (Lipinski definition) is 18. The van der Waals surface area contributed by atoms with Gasteiger partial charge in [0.2, 0.25) is 11.7 Å². The molecule has 0 aromatic heterocycles. The molecule has 396 valence electrons. The molecule has 1 fully saturated rings. The molecule has 3 aromatic carbocycles. The zero-order valence-corrected chi connectivity index (χ0v) is 41.5. The summed E-state index contributed by atoms with van der Waals surface area (Å²) < 4.78 is 44.9. The van der Waals surface area contributed by atoms with Crippen molar-refractivity contribution in [3.63, 3.8) is 0 Å². The number of aryl methyl sites for hydroxylation is 1. The number of amides is 3. The number of hydrogen-bond donors (Lipinski definition) is 7. The number of thioether (sulfide) groups is 1. The summed E-state index contributed by atoms with van der Waals surface area (Å²) in [6, 6.07) is 17.2. The van der Waals surface area contributed by atoms with Gasteiger partial charge in [-0.2, -0.15) is 11.8 Å². The summed E-state index contributed by atoms with van der Waals surface area (Å²) in [7, 11) is 0. The minimum absolute atomic E-state index is 0.0169. The number of azide groups is 1. The van der Waals surface area contributed by atoms with Gasteiger partial charge in [-0.1, -0.05) is 35.4 Å². The van der Waals surface area contributed by atoms with Gasteiger partial charge in [-0.15, -0.1) is 0 Å². The van der Waals surface area contributed by atoms with Crippen molar-refractivity contribution in [2.24, 2.45) is 5.11 Å². The number of ether oxygens (including phenoxy) is 8. The quantitative estimate of drug-likeness (QED) is 0.0145. The van der Waals surface area contributed by atoms with Crippen LogP contribution in [0.1, 0.15) is 46.0 Å². The Bertz CT molecular complexity index is 2140. The summed E-state index contributed by atoms with van der Waals surface area (Å²) >= 11 is 1.53. The first-order valence-corrected chi connectivity index (χ1v) is 24.8. The summed E-state index contributed by atoms with van der Waals surface area (Å²) in [5, 5.41) is 54.2. The predicted molar refractivity (Wildman–Crippen MR) is 265 cm³/mol. The first kappa shape index (κ1) is 59.2. The second kappa shape index (κ2) is 33.4. The number of phenols is 1. The molecule has 0 unspecified atom stereocenters. The Morgan fingerprint density at radius 3 is 1.99 bits per heavy atom. The van der Waals surface area contributed by atoms with Crippen LogP contribution in [0, 0.1) is 6.92 Å². The number of rotatable bonds is 36. The highest BCUT2D eigenvalue weighted by Crippen LogP contribution is 2.32. The van der Waals surface area contributed by atoms with Crippen LogP contribution in [0.4, 0.5) is 0 Å². The number of nitrogens with zero attached hydrogens (tertiary/aromatic N) is 3. The van der Waals surface area contributed by atoms with E-state index in [1.807, 2.05) is 13.0 Å². The lowest BCUT2D eigenvalue weighted by atomic mass is 9.88. The molecular weight excluding hydrogens is 961 g/mol. The van der Waals surface area contributed by atoms with Crippen LogP contribution in [0.2, 0.25) is 0 Å². The topological polar surface area (TPSA) is 308 Å². The summed E-state index contributed by atoms with van der Waals surface area (Å²) in [5.41, 5.74) is 11.4. The van der Waals surface area contributed by atoms with Crippen LogP contribution in [-0.4, -0.2) is 191 Å². The van der Waals surface area contributed by atoms with E-state index < -0.39 is 54.6 Å². The highest BCUT2D eigenvalue weighted by molar-refractivity contribution is 7.99. The van der Waals surface area contributed by atoms with Gasteiger partial charge in [0.05, 0.1) is 90.9 Å². The van der Waals surface area contributed by atoms with E-state index in [1.54, 1.807) is 60.7 Å². The summed E-state index contributed by atoms with van der Waals surface area (Å²) in [5.74, 6) is -1.53. The van der Waals surface area contributed by atoms with Crippen LogP contribution >= 0.6 is 11.8 Å². The van der Waals surface area contributed by atoms with E-state index in [0.717, 1.165) is 16.7 Å². The maximum absolute atomic E-state index is 12.9. The molecule has 6 atom stereocenters. The molecule has 7 N–H and O–H groups in total. The molecule has 72 heavy (non-hydrogen) atoms. The Hall–Kier alpha value is -5.40. The van der Waals surface area contributed by atoms with Crippen molar-refractivity contribution in [3.8, 4) is 22.6 Å². The molecule has 1 saturated heterocycles. The number of nitrogens with one attached hydrogen (secondary N) is 3. The zero-order valence-electron chi connectivity index (χ0n) is 40.7. The molecule has 0 spiro atoms. The SMILES string of the molecule is CC(=O)N[C@H]1[C@H]([C@H](O)[C@H](O)CNC(=O)c2ccc(-c3ccc(O)cc3)cc2)O[C@](C=O)(OCCCSCCNC(=O)c2ccc(C)c(OCCOCCOCCOCCOCCOCCN=[N+]=[N-])c2)C[C@@H]1O. The summed E-state index contributed by atoms with van der Waals surface area (Å²) in [4.78, 5) is 53.1. The monoisotopic (exact) mass is 1030 g/mol. The largest absolute Gasteiger partial charge is 0.508 e. The first-order chi connectivity index (χ1) is 34.9. The second-order valence-electron chi connectivity index (χ2n) is 16.3. The molecule has 3 aromatic rings. The number of carbonyl (C=O) groups excluding carboxylic acids is 4. The van der Waals surface area contributed by atoms with Gasteiger partial charge in [0.25, 0.3) is 11.8 Å². The van der Waals surface area contributed by atoms with Crippen molar-refractivity contribution >= 4 is 35.8 Å². The van der Waals surface area contributed by atoms with Crippen molar-refractivity contribution in [1.29, 1.82) is 0 Å². The minimum Gasteiger partial charge on any atom is -0.508 e. The van der Waals surface area contributed by atoms with Crippen LogP contribution in [0.5, 0.6) is 11.5 Å². The van der Waals surface area contributed by atoms with Crippen molar-refractivity contribution in [2.45, 2.75) is 62.9 Å². The van der Waals surface area contributed by atoms with Crippen molar-refractivity contribution < 1.29 is 77.5 Å². The normalized spacial score (nSPS) is 18.3. The highest BCUT2D eigenvalue weighted by atomic mass is 32.2. The molecule has 0 saturated carbocycles. The lowest BCUT2D eigenvalue weighted by Gasteiger charge is -2.46. The van der Waals surface area contributed by atoms with Crippen LogP contribution < -0.4 is 20.7 Å². The van der Waals surface area contributed by atoms with Gasteiger partial charge in [0.1, 0.15) is 30.3 Å². The third-order valence-electron chi connectivity index (χ3n) is 10.8. The van der Waals surface area contributed by atoms with E-state index in [2.05, 4.69) is 26.0 Å². The maximum Gasteiger partial charge on any atom is 0.251 e. The first-order valence-electron chi connectivity index (χ1n) is 23.6. The number of carbonyl (C=O) groups is 4. The van der Waals surface area contributed by atoms with Crippen LogP contribution in [-0.2, 0) is 42.7 Å². The Labute approximate surface area is 422 Å². The van der Waals surface area contributed by atoms with E-state index in [1.165, 1.54) is 18.7 Å². The Balaban J connectivity index is 1.09. The molecule has 1 heterocycles. The van der Waals surface area contributed by atoms with Crippen molar-refractivity contribution in [2.75, 3.05) is 110 Å². The van der Waals surface area contributed by atoms with Crippen LogP contribution in [0.15, 0.2) is 71.8 Å². The molecule has 3 amide bonds. The number of aromatic hydroxyl groups is 1. The average Bonchev–Trinajstić information content (AvgIpc) is 3.38. The smallest absolute Gasteiger partial charge is 0.251 e. The number of phenolic OH excluding ortho intramolecular Hbond substituents is 1. The second-order valence-corrected chi connectivity index (χ2v) is 17.5. The molecule has 4 rings (SSSR count). The minimum atomic E-state index is -2.01. The van der Waals surface area contributed by atoms with E-state index in [9.17, 15) is 39.6 Å². The zero-order chi connectivity index (χ0) is 52.0. The average molecular weight is 1030 g/mol. The molecule has 1 aliphatic heterocycles. The highest BCUT2D eigenvalue weighted by Gasteiger charge is 2.51. The van der Waals surface area contributed by atoms with E-state index in [-0.39, 0.29) is 36.9 Å². The van der Waals surface area contributed by atoms with Crippen LogP contribution in [0.3, 0.4) is 0 Å². The van der Waals surface area contributed by atoms with Gasteiger partial charge in [0.15, 0.2) is 6.29 Å². The standard InChI is InChI=1S/C49H68N6O16S/c1-34-4-5-39(30-43(34)69-27-26-68-25-24-67-23-22-66-21-20-65-19-18-64-17-14-53-55-50)48(63)51-15-29-72-28-3-16-70-49(33-56)31-41(59)44(54-35(2)57)46(71-49)45(61)42(60)32-52-47(62)38-8-6-36(7-9-38)37-10-12-40(58)13-11-37/h4-13,30,33,41-42,44-46,58-61H,3,14-29,31-32H2,1-2H3,(H,51,63)(H,52,62)(H,54,57)/t41-,42+,44+,45+,46+,49+/m0/s1. The van der Waals surface area contributed by atoms with Gasteiger partial charge < -0.3 is 74.3 Å². The maximum atomic E-state index is 12.9. The molecule has 22 nitrogen and oxygen atoms in total. The lowest BCUT2D eigenvalue weighted by Crippen LogP contribution is -2.66. The summed E-state index contributed by atoms with van der Waals surface area (Å²) in [6.45, 7) is 7.61. The third kappa shape index (κ3) is 21.4. The van der Waals surface area contributed by atoms with E-state index in [0.29, 0.717) is 115 Å². The Morgan fingerprint density at radius 1 is 0.819 bits per heavy atom. The van der Waals surface area contributed by atoms with Gasteiger partial charge in [0, 0.05) is 54.8 Å².